The third-order valence-corrected chi connectivity index (χ3v) is 2.25. The fourth-order valence-electron chi connectivity index (χ4n) is 1.28. The number of aromatic carboxylic acids is 1. The van der Waals surface area contributed by atoms with Gasteiger partial charge in [0.15, 0.2) is 5.76 Å². The van der Waals surface area contributed by atoms with Gasteiger partial charge in [-0.2, -0.15) is 0 Å². The Balaban J connectivity index is 2.54. The minimum Gasteiger partial charge on any atom is -0.475 e. The number of hydrogen-bond donors (Lipinski definition) is 1. The zero-order valence-electron chi connectivity index (χ0n) is 10.7. The fraction of sp³-hybridized carbons (Fsp3) is 0.500. The van der Waals surface area contributed by atoms with Crippen LogP contribution in [0.15, 0.2) is 16.5 Å². The maximum Gasteiger partial charge on any atom is 0.371 e. The minimum absolute atomic E-state index is 0.0134. The Bertz CT molecular complexity index is 424. The van der Waals surface area contributed by atoms with Crippen LogP contribution in [0, 0.1) is 0 Å². The summed E-state index contributed by atoms with van der Waals surface area (Å²) < 4.78 is 10.2. The molecule has 1 aromatic heterocycles. The lowest BCUT2D eigenvalue weighted by atomic mass is 10.4. The Hall–Kier alpha value is -1.82. The van der Waals surface area contributed by atoms with Gasteiger partial charge in [-0.15, -0.1) is 0 Å². The summed E-state index contributed by atoms with van der Waals surface area (Å²) in [4.78, 5) is 23.9. The standard InChI is InChI=1S/C12H17NO5/c1-8(2)17-7-6-13(3)11(14)9-4-5-10(18-9)12(15)16/h4-5,8H,6-7H2,1-3H3,(H,15,16). The van der Waals surface area contributed by atoms with E-state index in [1.165, 1.54) is 17.0 Å². The van der Waals surface area contributed by atoms with Gasteiger partial charge in [0, 0.05) is 13.6 Å². The lowest BCUT2D eigenvalue weighted by Crippen LogP contribution is -2.30. The third kappa shape index (κ3) is 3.89. The first-order valence-electron chi connectivity index (χ1n) is 5.62. The van der Waals surface area contributed by atoms with Crippen LogP contribution in [0.5, 0.6) is 0 Å². The monoisotopic (exact) mass is 255 g/mol. The van der Waals surface area contributed by atoms with Crippen molar-refractivity contribution in [3.63, 3.8) is 0 Å². The van der Waals surface area contributed by atoms with Crippen molar-refractivity contribution in [2.75, 3.05) is 20.2 Å². The molecule has 0 aliphatic carbocycles. The van der Waals surface area contributed by atoms with Crippen LogP contribution in [-0.4, -0.2) is 48.2 Å². The average molecular weight is 255 g/mol. The molecule has 6 heteroatoms. The number of ether oxygens (including phenoxy) is 1. The van der Waals surface area contributed by atoms with Gasteiger partial charge in [0.25, 0.3) is 5.91 Å². The summed E-state index contributed by atoms with van der Waals surface area (Å²) in [6.07, 6.45) is 0.107. The predicted molar refractivity (Wildman–Crippen MR) is 63.7 cm³/mol. The highest BCUT2D eigenvalue weighted by Gasteiger charge is 2.18. The minimum atomic E-state index is -1.19. The van der Waals surface area contributed by atoms with Gasteiger partial charge >= 0.3 is 5.97 Å². The fourth-order valence-corrected chi connectivity index (χ4v) is 1.28. The second kappa shape index (κ2) is 6.20. The summed E-state index contributed by atoms with van der Waals surface area (Å²) in [7, 11) is 1.61. The van der Waals surface area contributed by atoms with Gasteiger partial charge in [-0.3, -0.25) is 4.79 Å². The van der Waals surface area contributed by atoms with Crippen LogP contribution < -0.4 is 0 Å². The molecule has 0 atom stereocenters. The Kier molecular flexibility index (Phi) is 4.91. The molecule has 100 valence electrons. The number of carbonyl (C=O) groups is 2. The van der Waals surface area contributed by atoms with Crippen LogP contribution in [0.2, 0.25) is 0 Å². The van der Waals surface area contributed by atoms with Crippen LogP contribution in [0.25, 0.3) is 0 Å². The molecular weight excluding hydrogens is 238 g/mol. The topological polar surface area (TPSA) is 80.0 Å². The molecule has 0 aliphatic rings. The molecule has 1 rings (SSSR count). The van der Waals surface area contributed by atoms with Crippen molar-refractivity contribution in [3.05, 3.63) is 23.7 Å². The van der Waals surface area contributed by atoms with E-state index in [4.69, 9.17) is 14.3 Å². The number of carboxylic acids is 1. The highest BCUT2D eigenvalue weighted by molar-refractivity contribution is 5.93. The van der Waals surface area contributed by atoms with E-state index < -0.39 is 5.97 Å². The zero-order valence-corrected chi connectivity index (χ0v) is 10.7. The Morgan fingerprint density at radius 2 is 2.00 bits per heavy atom. The van der Waals surface area contributed by atoms with Gasteiger partial charge in [0.05, 0.1) is 12.7 Å². The molecule has 1 amide bonds. The lowest BCUT2D eigenvalue weighted by molar-refractivity contribution is 0.0511. The van der Waals surface area contributed by atoms with Crippen molar-refractivity contribution in [2.45, 2.75) is 20.0 Å². The van der Waals surface area contributed by atoms with Gasteiger partial charge in [-0.25, -0.2) is 4.79 Å². The van der Waals surface area contributed by atoms with E-state index in [0.717, 1.165) is 0 Å². The molecule has 0 saturated carbocycles. The number of nitrogens with zero attached hydrogens (tertiary/aromatic N) is 1. The smallest absolute Gasteiger partial charge is 0.371 e. The van der Waals surface area contributed by atoms with Gasteiger partial charge < -0.3 is 19.2 Å². The maximum absolute atomic E-state index is 11.8. The number of furan rings is 1. The van der Waals surface area contributed by atoms with E-state index in [0.29, 0.717) is 13.2 Å². The quantitative estimate of drug-likeness (QED) is 0.832. The molecule has 0 saturated heterocycles. The summed E-state index contributed by atoms with van der Waals surface area (Å²) in [5.41, 5.74) is 0. The van der Waals surface area contributed by atoms with Crippen molar-refractivity contribution in [1.29, 1.82) is 0 Å². The number of likely N-dealkylation sites (N-methyl/N-ethyl adjacent to an activating group) is 1. The average Bonchev–Trinajstić information content (AvgIpc) is 2.76. The van der Waals surface area contributed by atoms with E-state index in [1.54, 1.807) is 7.05 Å². The SMILES string of the molecule is CC(C)OCCN(C)C(=O)c1ccc(C(=O)O)o1. The van der Waals surface area contributed by atoms with E-state index in [9.17, 15) is 9.59 Å². The van der Waals surface area contributed by atoms with Crippen molar-refractivity contribution in [1.82, 2.24) is 4.90 Å². The Labute approximate surface area is 105 Å². The summed E-state index contributed by atoms with van der Waals surface area (Å²) in [6, 6.07) is 2.61. The van der Waals surface area contributed by atoms with E-state index in [1.807, 2.05) is 13.8 Å². The lowest BCUT2D eigenvalue weighted by Gasteiger charge is -2.16. The molecule has 6 nitrogen and oxygen atoms in total. The Morgan fingerprint density at radius 3 is 2.50 bits per heavy atom. The second-order valence-electron chi connectivity index (χ2n) is 4.12. The highest BCUT2D eigenvalue weighted by Crippen LogP contribution is 2.10. The van der Waals surface area contributed by atoms with Gasteiger partial charge in [0.2, 0.25) is 5.76 Å². The largest absolute Gasteiger partial charge is 0.475 e. The molecule has 0 unspecified atom stereocenters. The molecule has 1 N–H and O–H groups in total. The molecule has 1 heterocycles. The first-order valence-corrected chi connectivity index (χ1v) is 5.62. The first-order chi connectivity index (χ1) is 8.41. The van der Waals surface area contributed by atoms with Crippen molar-refractivity contribution < 1.29 is 23.8 Å². The Morgan fingerprint density at radius 1 is 1.39 bits per heavy atom. The molecular formula is C12H17NO5. The molecule has 1 aromatic rings. The molecule has 0 fully saturated rings. The normalized spacial score (nSPS) is 10.7. The first kappa shape index (κ1) is 14.2. The van der Waals surface area contributed by atoms with Crippen LogP contribution in [-0.2, 0) is 4.74 Å². The van der Waals surface area contributed by atoms with Crippen molar-refractivity contribution in [2.24, 2.45) is 0 Å². The summed E-state index contributed by atoms with van der Waals surface area (Å²) >= 11 is 0. The second-order valence-corrected chi connectivity index (χ2v) is 4.12. The molecule has 0 bridgehead atoms. The van der Waals surface area contributed by atoms with Crippen molar-refractivity contribution >= 4 is 11.9 Å². The van der Waals surface area contributed by atoms with Gasteiger partial charge in [-0.1, -0.05) is 0 Å². The van der Waals surface area contributed by atoms with E-state index >= 15 is 0 Å². The number of amides is 1. The van der Waals surface area contributed by atoms with Crippen LogP contribution >= 0.6 is 0 Å². The number of carbonyl (C=O) groups excluding carboxylic acids is 1. The van der Waals surface area contributed by atoms with Gasteiger partial charge in [-0.05, 0) is 26.0 Å². The zero-order chi connectivity index (χ0) is 13.7. The summed E-state index contributed by atoms with van der Waals surface area (Å²) in [5.74, 6) is -1.79. The van der Waals surface area contributed by atoms with Crippen LogP contribution in [0.1, 0.15) is 35.0 Å². The van der Waals surface area contributed by atoms with E-state index in [-0.39, 0.29) is 23.5 Å². The summed E-state index contributed by atoms with van der Waals surface area (Å²) in [6.45, 7) is 4.66. The predicted octanol–water partition coefficient (Wildman–Crippen LogP) is 1.47. The third-order valence-electron chi connectivity index (χ3n) is 2.25. The number of rotatable bonds is 6. The number of hydrogen-bond acceptors (Lipinski definition) is 4. The van der Waals surface area contributed by atoms with E-state index in [2.05, 4.69) is 0 Å². The molecule has 0 aromatic carbocycles. The molecule has 0 spiro atoms. The molecule has 18 heavy (non-hydrogen) atoms. The molecule has 0 aliphatic heterocycles. The number of carboxylic acid groups (broad SMARTS) is 1. The van der Waals surface area contributed by atoms with Crippen molar-refractivity contribution in [3.8, 4) is 0 Å². The van der Waals surface area contributed by atoms with Crippen LogP contribution in [0.3, 0.4) is 0 Å². The maximum atomic E-state index is 11.8. The van der Waals surface area contributed by atoms with Gasteiger partial charge in [0.1, 0.15) is 0 Å². The van der Waals surface area contributed by atoms with Crippen LogP contribution in [0.4, 0.5) is 0 Å². The highest BCUT2D eigenvalue weighted by atomic mass is 16.5. The molecule has 0 radical (unpaired) electrons. The summed E-state index contributed by atoms with van der Waals surface area (Å²) in [5, 5.41) is 8.68.